The lowest BCUT2D eigenvalue weighted by atomic mass is 10.1. The molecule has 7 heteroatoms. The van der Waals surface area contributed by atoms with Crippen LogP contribution in [0.2, 0.25) is 5.02 Å². The third-order valence-electron chi connectivity index (χ3n) is 3.37. The number of anilines is 1. The molecule has 0 unspecified atom stereocenters. The Hall–Kier alpha value is -2.99. The first-order chi connectivity index (χ1) is 11.0. The van der Waals surface area contributed by atoms with E-state index in [-0.39, 0.29) is 11.3 Å². The van der Waals surface area contributed by atoms with E-state index < -0.39 is 16.7 Å². The highest BCUT2D eigenvalue weighted by molar-refractivity contribution is 6.43. The number of nitrogens with zero attached hydrogens (tertiary/aromatic N) is 2. The Balaban J connectivity index is 1.97. The van der Waals surface area contributed by atoms with E-state index >= 15 is 0 Å². The second-order valence-electron chi connectivity index (χ2n) is 4.82. The molecule has 0 spiro atoms. The molecule has 2 aromatic carbocycles. The summed E-state index contributed by atoms with van der Waals surface area (Å²) in [5, 5.41) is 11.3. The van der Waals surface area contributed by atoms with Gasteiger partial charge in [-0.15, -0.1) is 0 Å². The van der Waals surface area contributed by atoms with Crippen molar-refractivity contribution < 1.29 is 14.5 Å². The minimum absolute atomic E-state index is 0.119. The van der Waals surface area contributed by atoms with E-state index in [1.807, 2.05) is 0 Å². The molecule has 2 aromatic rings. The molecule has 0 bridgehead atoms. The molecule has 0 aliphatic carbocycles. The number of rotatable bonds is 3. The minimum atomic E-state index is -0.553. The molecule has 0 aromatic heterocycles. The maximum Gasteiger partial charge on any atom is 0.270 e. The van der Waals surface area contributed by atoms with Gasteiger partial charge < -0.3 is 0 Å². The van der Waals surface area contributed by atoms with Crippen molar-refractivity contribution in [2.45, 2.75) is 0 Å². The number of carbonyl (C=O) groups is 2. The van der Waals surface area contributed by atoms with Gasteiger partial charge in [0.15, 0.2) is 0 Å². The van der Waals surface area contributed by atoms with Gasteiger partial charge in [-0.3, -0.25) is 19.7 Å². The predicted octanol–water partition coefficient (Wildman–Crippen LogP) is 3.21. The van der Waals surface area contributed by atoms with E-state index in [1.165, 1.54) is 24.3 Å². The fourth-order valence-electron chi connectivity index (χ4n) is 2.30. The lowest BCUT2D eigenvalue weighted by Crippen LogP contribution is -2.30. The first kappa shape index (κ1) is 14.9. The fraction of sp³-hybridized carbons (Fsp3) is 0. The van der Waals surface area contributed by atoms with Crippen molar-refractivity contribution in [1.82, 2.24) is 0 Å². The van der Waals surface area contributed by atoms with Crippen molar-refractivity contribution in [3.8, 4) is 0 Å². The van der Waals surface area contributed by atoms with Gasteiger partial charge in [0, 0.05) is 23.2 Å². The number of nitro groups is 1. The number of amides is 2. The van der Waals surface area contributed by atoms with Gasteiger partial charge in [0.05, 0.1) is 16.2 Å². The summed E-state index contributed by atoms with van der Waals surface area (Å²) < 4.78 is 0. The molecule has 0 atom stereocenters. The molecule has 1 aliphatic heterocycles. The Kier molecular flexibility index (Phi) is 3.67. The summed E-state index contributed by atoms with van der Waals surface area (Å²) in [7, 11) is 0. The zero-order valence-corrected chi connectivity index (χ0v) is 12.4. The Labute approximate surface area is 135 Å². The number of imide groups is 1. The largest absolute Gasteiger partial charge is 0.270 e. The molecule has 23 heavy (non-hydrogen) atoms. The van der Waals surface area contributed by atoms with Crippen LogP contribution in [0.15, 0.2) is 54.6 Å². The van der Waals surface area contributed by atoms with Crippen molar-refractivity contribution >= 4 is 40.4 Å². The zero-order valence-electron chi connectivity index (χ0n) is 11.6. The molecular formula is C16H9ClN2O4. The lowest BCUT2D eigenvalue weighted by molar-refractivity contribution is -0.384. The molecule has 3 rings (SSSR count). The average molecular weight is 329 g/mol. The van der Waals surface area contributed by atoms with Gasteiger partial charge >= 0.3 is 0 Å². The minimum Gasteiger partial charge on any atom is -0.269 e. The van der Waals surface area contributed by atoms with E-state index in [0.717, 1.165) is 4.90 Å². The van der Waals surface area contributed by atoms with Crippen LogP contribution in [0.25, 0.3) is 5.57 Å². The third-order valence-corrected chi connectivity index (χ3v) is 3.63. The van der Waals surface area contributed by atoms with Gasteiger partial charge in [-0.25, -0.2) is 4.90 Å². The smallest absolute Gasteiger partial charge is 0.269 e. The molecule has 6 nitrogen and oxygen atoms in total. The third kappa shape index (κ3) is 2.72. The van der Waals surface area contributed by atoms with E-state index in [1.54, 1.807) is 30.3 Å². The van der Waals surface area contributed by atoms with Crippen molar-refractivity contribution in [3.63, 3.8) is 0 Å². The molecule has 1 aliphatic rings. The van der Waals surface area contributed by atoms with Crippen LogP contribution in [0.3, 0.4) is 0 Å². The van der Waals surface area contributed by atoms with Crippen molar-refractivity contribution in [1.29, 1.82) is 0 Å². The van der Waals surface area contributed by atoms with Crippen molar-refractivity contribution in [2.24, 2.45) is 0 Å². The van der Waals surface area contributed by atoms with E-state index in [0.29, 0.717) is 16.3 Å². The van der Waals surface area contributed by atoms with Crippen LogP contribution in [-0.4, -0.2) is 16.7 Å². The quantitative estimate of drug-likeness (QED) is 0.492. The normalized spacial score (nSPS) is 14.1. The number of hydrogen-bond acceptors (Lipinski definition) is 4. The number of halogens is 1. The number of hydrogen-bond donors (Lipinski definition) is 0. The van der Waals surface area contributed by atoms with Crippen LogP contribution in [0.5, 0.6) is 0 Å². The maximum absolute atomic E-state index is 12.5. The summed E-state index contributed by atoms with van der Waals surface area (Å²) >= 11 is 5.80. The van der Waals surface area contributed by atoms with Crippen LogP contribution in [-0.2, 0) is 9.59 Å². The number of benzene rings is 2. The van der Waals surface area contributed by atoms with Gasteiger partial charge in [0.1, 0.15) is 0 Å². The summed E-state index contributed by atoms with van der Waals surface area (Å²) in [6, 6.07) is 11.9. The predicted molar refractivity (Wildman–Crippen MR) is 85.0 cm³/mol. The molecule has 2 amide bonds. The molecule has 0 N–H and O–H groups in total. The molecular weight excluding hydrogens is 320 g/mol. The first-order valence-electron chi connectivity index (χ1n) is 6.58. The highest BCUT2D eigenvalue weighted by Crippen LogP contribution is 2.30. The van der Waals surface area contributed by atoms with E-state index in [9.17, 15) is 19.7 Å². The highest BCUT2D eigenvalue weighted by Gasteiger charge is 2.33. The summed E-state index contributed by atoms with van der Waals surface area (Å²) in [5.41, 5.74) is 0.692. The first-order valence-corrected chi connectivity index (χ1v) is 6.95. The van der Waals surface area contributed by atoms with E-state index in [4.69, 9.17) is 11.6 Å². The Morgan fingerprint density at radius 3 is 2.39 bits per heavy atom. The molecule has 0 fully saturated rings. The monoisotopic (exact) mass is 328 g/mol. The molecule has 0 radical (unpaired) electrons. The van der Waals surface area contributed by atoms with Gasteiger partial charge in [0.2, 0.25) is 0 Å². The van der Waals surface area contributed by atoms with Crippen LogP contribution >= 0.6 is 11.6 Å². The SMILES string of the molecule is O=C1C=C(c2cccc([N+](=O)[O-])c2)C(=O)N1c1ccc(Cl)cc1. The Morgan fingerprint density at radius 2 is 1.74 bits per heavy atom. The van der Waals surface area contributed by atoms with Gasteiger partial charge in [-0.1, -0.05) is 23.7 Å². The standard InChI is InChI=1S/C16H9ClN2O4/c17-11-4-6-12(7-5-11)18-15(20)9-14(16(18)21)10-2-1-3-13(8-10)19(22)23/h1-9H. The number of carbonyl (C=O) groups excluding carboxylic acids is 2. The van der Waals surface area contributed by atoms with Crippen LogP contribution in [0, 0.1) is 10.1 Å². The number of non-ortho nitro benzene ring substituents is 1. The summed E-state index contributed by atoms with van der Waals surface area (Å²) in [6.07, 6.45) is 1.18. The molecule has 1 heterocycles. The fourth-order valence-corrected chi connectivity index (χ4v) is 2.42. The topological polar surface area (TPSA) is 80.5 Å². The van der Waals surface area contributed by atoms with Crippen LogP contribution in [0.4, 0.5) is 11.4 Å². The van der Waals surface area contributed by atoms with Crippen LogP contribution in [0.1, 0.15) is 5.56 Å². The summed E-state index contributed by atoms with van der Waals surface area (Å²) in [6.45, 7) is 0. The second kappa shape index (κ2) is 5.66. The number of nitro benzene ring substituents is 1. The average Bonchev–Trinajstić information content (AvgIpc) is 2.83. The van der Waals surface area contributed by atoms with Crippen molar-refractivity contribution in [3.05, 3.63) is 75.3 Å². The lowest BCUT2D eigenvalue weighted by Gasteiger charge is -2.14. The van der Waals surface area contributed by atoms with Gasteiger partial charge in [0.25, 0.3) is 17.5 Å². The Morgan fingerprint density at radius 1 is 1.04 bits per heavy atom. The van der Waals surface area contributed by atoms with E-state index in [2.05, 4.69) is 0 Å². The summed E-state index contributed by atoms with van der Waals surface area (Å²) in [5.74, 6) is -1.03. The molecule has 0 saturated heterocycles. The highest BCUT2D eigenvalue weighted by atomic mass is 35.5. The van der Waals surface area contributed by atoms with Crippen molar-refractivity contribution in [2.75, 3.05) is 4.90 Å². The van der Waals surface area contributed by atoms with Crippen LogP contribution < -0.4 is 4.90 Å². The maximum atomic E-state index is 12.5. The Bertz CT molecular complexity index is 859. The molecule has 0 saturated carbocycles. The zero-order chi connectivity index (χ0) is 16.6. The second-order valence-corrected chi connectivity index (χ2v) is 5.26. The molecule has 114 valence electrons. The summed E-state index contributed by atoms with van der Waals surface area (Å²) in [4.78, 5) is 35.9. The van der Waals surface area contributed by atoms with Gasteiger partial charge in [-0.2, -0.15) is 0 Å². The van der Waals surface area contributed by atoms with Gasteiger partial charge in [-0.05, 0) is 29.8 Å².